The first-order valence-electron chi connectivity index (χ1n) is 7.60. The molecular formula is C19H19N3O2S2. The Morgan fingerprint density at radius 2 is 1.77 bits per heavy atom. The molecule has 1 aromatic carbocycles. The number of nitrogens with one attached hydrogen (secondary N) is 1. The first-order chi connectivity index (χ1) is 12.4. The van der Waals surface area contributed by atoms with Gasteiger partial charge in [-0.1, -0.05) is 18.7 Å². The third kappa shape index (κ3) is 5.11. The van der Waals surface area contributed by atoms with Gasteiger partial charge in [-0.3, -0.25) is 9.59 Å². The number of hydrogen-bond acceptors (Lipinski definition) is 5. The molecule has 0 saturated carbocycles. The summed E-state index contributed by atoms with van der Waals surface area (Å²) in [6, 6.07) is 10.7. The molecule has 0 aliphatic heterocycles. The second kappa shape index (κ2) is 9.07. The Balaban J connectivity index is 2.18. The summed E-state index contributed by atoms with van der Waals surface area (Å²) in [7, 11) is 0. The van der Waals surface area contributed by atoms with Crippen LogP contribution in [0.15, 0.2) is 71.9 Å². The van der Waals surface area contributed by atoms with E-state index in [1.165, 1.54) is 11.3 Å². The highest BCUT2D eigenvalue weighted by Gasteiger charge is 2.10. The minimum Gasteiger partial charge on any atom is -0.385 e. The van der Waals surface area contributed by atoms with E-state index in [1.54, 1.807) is 54.3 Å². The number of primary amides is 1. The van der Waals surface area contributed by atoms with Crippen molar-refractivity contribution in [3.05, 3.63) is 82.3 Å². The lowest BCUT2D eigenvalue weighted by Gasteiger charge is -2.07. The molecular weight excluding hydrogens is 366 g/mol. The molecule has 0 aliphatic carbocycles. The lowest BCUT2D eigenvalue weighted by atomic mass is 10.2. The van der Waals surface area contributed by atoms with Crippen LogP contribution in [0.1, 0.15) is 24.9 Å². The molecule has 2 amide bonds. The van der Waals surface area contributed by atoms with E-state index in [0.29, 0.717) is 16.0 Å². The average molecular weight is 386 g/mol. The zero-order chi connectivity index (χ0) is 19.1. The van der Waals surface area contributed by atoms with E-state index in [4.69, 9.17) is 11.5 Å². The maximum Gasteiger partial charge on any atom is 0.258 e. The van der Waals surface area contributed by atoms with Crippen molar-refractivity contribution in [1.29, 1.82) is 0 Å². The Morgan fingerprint density at radius 1 is 1.12 bits per heavy atom. The summed E-state index contributed by atoms with van der Waals surface area (Å²) >= 11 is 2.85. The lowest BCUT2D eigenvalue weighted by molar-refractivity contribution is 0.0963. The van der Waals surface area contributed by atoms with Gasteiger partial charge in [0.05, 0.1) is 4.88 Å². The fraction of sp³-hybridized carbons (Fsp3) is 0.0526. The van der Waals surface area contributed by atoms with Crippen molar-refractivity contribution < 1.29 is 9.59 Å². The molecule has 134 valence electrons. The first-order valence-corrected chi connectivity index (χ1v) is 9.64. The van der Waals surface area contributed by atoms with Gasteiger partial charge in [0, 0.05) is 15.3 Å². The molecule has 0 bridgehead atoms. The van der Waals surface area contributed by atoms with E-state index in [2.05, 4.69) is 11.9 Å². The third-order valence-electron chi connectivity index (χ3n) is 3.35. The summed E-state index contributed by atoms with van der Waals surface area (Å²) in [6.07, 6.45) is 6.93. The number of nitrogens with two attached hydrogens (primary N) is 2. The molecule has 0 aliphatic rings. The van der Waals surface area contributed by atoms with Gasteiger partial charge in [0.1, 0.15) is 5.82 Å². The number of thiophene rings is 1. The van der Waals surface area contributed by atoms with Gasteiger partial charge in [0.2, 0.25) is 0 Å². The van der Waals surface area contributed by atoms with E-state index in [1.807, 2.05) is 18.4 Å². The van der Waals surface area contributed by atoms with E-state index in [-0.39, 0.29) is 11.7 Å². The second-order valence-electron chi connectivity index (χ2n) is 5.17. The van der Waals surface area contributed by atoms with Gasteiger partial charge in [-0.2, -0.15) is 0 Å². The zero-order valence-electron chi connectivity index (χ0n) is 14.2. The fourth-order valence-corrected chi connectivity index (χ4v) is 3.37. The topological polar surface area (TPSA) is 98.2 Å². The summed E-state index contributed by atoms with van der Waals surface area (Å²) in [4.78, 5) is 25.9. The predicted molar refractivity (Wildman–Crippen MR) is 109 cm³/mol. The van der Waals surface area contributed by atoms with Gasteiger partial charge >= 0.3 is 0 Å². The number of carbonyl (C=O) groups excluding carboxylic acids is 2. The van der Waals surface area contributed by atoms with Crippen LogP contribution in [0, 0.1) is 0 Å². The molecule has 0 saturated heterocycles. The van der Waals surface area contributed by atoms with Crippen LogP contribution in [-0.2, 0) is 0 Å². The van der Waals surface area contributed by atoms with Crippen molar-refractivity contribution >= 4 is 40.5 Å². The van der Waals surface area contributed by atoms with Gasteiger partial charge < -0.3 is 16.8 Å². The summed E-state index contributed by atoms with van der Waals surface area (Å²) < 4.78 is 0. The molecule has 0 radical (unpaired) electrons. The van der Waals surface area contributed by atoms with E-state index >= 15 is 0 Å². The molecule has 5 N–H and O–H groups in total. The summed E-state index contributed by atoms with van der Waals surface area (Å²) in [5.74, 6) is -0.599. The van der Waals surface area contributed by atoms with E-state index in [0.717, 1.165) is 9.77 Å². The molecule has 0 fully saturated rings. The van der Waals surface area contributed by atoms with Gasteiger partial charge in [-0.05, 0) is 54.3 Å². The summed E-state index contributed by atoms with van der Waals surface area (Å²) in [5, 5.41) is 2.65. The number of benzene rings is 1. The monoisotopic (exact) mass is 385 g/mol. The van der Waals surface area contributed by atoms with Crippen LogP contribution in [0.5, 0.6) is 0 Å². The highest BCUT2D eigenvalue weighted by molar-refractivity contribution is 7.98. The predicted octanol–water partition coefficient (Wildman–Crippen LogP) is 3.37. The molecule has 2 aromatic rings. The normalized spacial score (nSPS) is 11.9. The maximum atomic E-state index is 12.3. The quantitative estimate of drug-likeness (QED) is 0.503. The molecule has 1 heterocycles. The van der Waals surface area contributed by atoms with Gasteiger partial charge in [0.25, 0.3) is 11.8 Å². The molecule has 7 heteroatoms. The van der Waals surface area contributed by atoms with Crippen molar-refractivity contribution in [2.24, 2.45) is 11.5 Å². The zero-order valence-corrected chi connectivity index (χ0v) is 15.8. The van der Waals surface area contributed by atoms with Crippen LogP contribution < -0.4 is 16.8 Å². The standard InChI is InChI=1S/C19H19N3O2S2/c1-3-4-13(15-9-10-16(26-15)18(21)23)11-17(20)22-19(24)12-5-7-14(25-2)8-6-12/h3-11H,1,20H2,2H3,(H2,21,23)(H,22,24)/b13-4+,17-11+. The number of amides is 2. The highest BCUT2D eigenvalue weighted by Crippen LogP contribution is 2.25. The summed E-state index contributed by atoms with van der Waals surface area (Å²) in [6.45, 7) is 3.68. The largest absolute Gasteiger partial charge is 0.385 e. The molecule has 26 heavy (non-hydrogen) atoms. The minimum absolute atomic E-state index is 0.186. The van der Waals surface area contributed by atoms with Crippen LogP contribution in [0.25, 0.3) is 5.57 Å². The van der Waals surface area contributed by atoms with Crippen LogP contribution >= 0.6 is 23.1 Å². The third-order valence-corrected chi connectivity index (χ3v) is 5.24. The molecule has 2 rings (SSSR count). The van der Waals surface area contributed by atoms with E-state index < -0.39 is 5.91 Å². The van der Waals surface area contributed by atoms with Crippen LogP contribution in [-0.4, -0.2) is 18.1 Å². The van der Waals surface area contributed by atoms with Crippen LogP contribution in [0.3, 0.4) is 0 Å². The Kier molecular flexibility index (Phi) is 6.82. The number of allylic oxidation sites excluding steroid dienone is 4. The average Bonchev–Trinajstić information content (AvgIpc) is 3.11. The fourth-order valence-electron chi connectivity index (χ4n) is 2.10. The Labute approximate surface area is 160 Å². The highest BCUT2D eigenvalue weighted by atomic mass is 32.2. The van der Waals surface area contributed by atoms with Crippen molar-refractivity contribution in [3.63, 3.8) is 0 Å². The lowest BCUT2D eigenvalue weighted by Crippen LogP contribution is -2.27. The van der Waals surface area contributed by atoms with Gasteiger partial charge in [-0.15, -0.1) is 23.1 Å². The second-order valence-corrected chi connectivity index (χ2v) is 7.13. The van der Waals surface area contributed by atoms with Crippen LogP contribution in [0.4, 0.5) is 0 Å². The van der Waals surface area contributed by atoms with E-state index in [9.17, 15) is 9.59 Å². The SMILES string of the molecule is C=C/C=C(\C=C(/N)NC(=O)c1ccc(SC)cc1)c1ccc(C(N)=O)s1. The Bertz CT molecular complexity index is 880. The van der Waals surface area contributed by atoms with Gasteiger partial charge in [-0.25, -0.2) is 0 Å². The Morgan fingerprint density at radius 3 is 2.31 bits per heavy atom. The first kappa shape index (κ1) is 19.6. The number of carbonyl (C=O) groups is 2. The number of hydrogen-bond donors (Lipinski definition) is 3. The van der Waals surface area contributed by atoms with Crippen LogP contribution in [0.2, 0.25) is 0 Å². The molecule has 0 unspecified atom stereocenters. The molecule has 0 atom stereocenters. The van der Waals surface area contributed by atoms with Crippen molar-refractivity contribution in [2.75, 3.05) is 6.26 Å². The van der Waals surface area contributed by atoms with Gasteiger partial charge in [0.15, 0.2) is 0 Å². The maximum absolute atomic E-state index is 12.3. The smallest absolute Gasteiger partial charge is 0.258 e. The van der Waals surface area contributed by atoms with Crippen molar-refractivity contribution in [3.8, 4) is 0 Å². The number of thioether (sulfide) groups is 1. The molecule has 1 aromatic heterocycles. The van der Waals surface area contributed by atoms with Crippen molar-refractivity contribution in [1.82, 2.24) is 5.32 Å². The Hall–Kier alpha value is -2.77. The molecule has 0 spiro atoms. The molecule has 5 nitrogen and oxygen atoms in total. The minimum atomic E-state index is -0.488. The summed E-state index contributed by atoms with van der Waals surface area (Å²) in [5.41, 5.74) is 12.5. The van der Waals surface area contributed by atoms with Crippen molar-refractivity contribution in [2.45, 2.75) is 4.90 Å². The number of rotatable bonds is 7.